The number of rotatable bonds is 5. The molecule has 0 bridgehead atoms. The van der Waals surface area contributed by atoms with Gasteiger partial charge in [0.1, 0.15) is 5.75 Å². The van der Waals surface area contributed by atoms with Crippen LogP contribution in [0.25, 0.3) is 0 Å². The molecule has 3 nitrogen and oxygen atoms in total. The number of hydrogen-bond acceptors (Lipinski definition) is 2. The SMILES string of the molecule is Cc1ccc(OCC(=O)NCc2cccc(Cl)c2)cc1. The summed E-state index contributed by atoms with van der Waals surface area (Å²) in [4.78, 5) is 11.7. The van der Waals surface area contributed by atoms with Crippen molar-refractivity contribution in [3.8, 4) is 5.75 Å². The van der Waals surface area contributed by atoms with E-state index < -0.39 is 0 Å². The standard InChI is InChI=1S/C16H16ClNO2/c1-12-5-7-15(8-6-12)20-11-16(19)18-10-13-3-2-4-14(17)9-13/h2-9H,10-11H2,1H3,(H,18,19). The van der Waals surface area contributed by atoms with Crippen LogP contribution in [0.5, 0.6) is 5.75 Å². The summed E-state index contributed by atoms with van der Waals surface area (Å²) in [6.45, 7) is 2.45. The highest BCUT2D eigenvalue weighted by Gasteiger charge is 2.03. The third kappa shape index (κ3) is 4.59. The molecule has 0 spiro atoms. The van der Waals surface area contributed by atoms with Crippen LogP contribution in [0.15, 0.2) is 48.5 Å². The Labute approximate surface area is 123 Å². The quantitative estimate of drug-likeness (QED) is 0.917. The monoisotopic (exact) mass is 289 g/mol. The van der Waals surface area contributed by atoms with Crippen molar-refractivity contribution < 1.29 is 9.53 Å². The Bertz CT molecular complexity index is 581. The van der Waals surface area contributed by atoms with Crippen molar-refractivity contribution in [3.05, 3.63) is 64.7 Å². The van der Waals surface area contributed by atoms with E-state index in [-0.39, 0.29) is 12.5 Å². The van der Waals surface area contributed by atoms with E-state index in [0.717, 1.165) is 11.1 Å². The number of benzene rings is 2. The summed E-state index contributed by atoms with van der Waals surface area (Å²) in [5, 5.41) is 3.45. The molecule has 0 heterocycles. The number of ether oxygens (including phenoxy) is 1. The molecule has 4 heteroatoms. The van der Waals surface area contributed by atoms with Crippen molar-refractivity contribution in [2.24, 2.45) is 0 Å². The molecule has 0 aliphatic carbocycles. The van der Waals surface area contributed by atoms with Gasteiger partial charge in [0, 0.05) is 11.6 Å². The highest BCUT2D eigenvalue weighted by Crippen LogP contribution is 2.11. The molecule has 1 amide bonds. The number of amides is 1. The smallest absolute Gasteiger partial charge is 0.258 e. The van der Waals surface area contributed by atoms with E-state index in [1.54, 1.807) is 6.07 Å². The van der Waals surface area contributed by atoms with Crippen molar-refractivity contribution in [1.82, 2.24) is 5.32 Å². The molecular formula is C16H16ClNO2. The third-order valence-electron chi connectivity index (χ3n) is 2.77. The molecule has 0 radical (unpaired) electrons. The fourth-order valence-electron chi connectivity index (χ4n) is 1.68. The number of aryl methyl sites for hydroxylation is 1. The molecule has 2 rings (SSSR count). The highest BCUT2D eigenvalue weighted by molar-refractivity contribution is 6.30. The maximum Gasteiger partial charge on any atom is 0.258 e. The molecule has 104 valence electrons. The zero-order valence-corrected chi connectivity index (χ0v) is 12.0. The van der Waals surface area contributed by atoms with Crippen LogP contribution in [0.2, 0.25) is 5.02 Å². The van der Waals surface area contributed by atoms with Crippen LogP contribution in [0.1, 0.15) is 11.1 Å². The van der Waals surface area contributed by atoms with Crippen LogP contribution in [-0.4, -0.2) is 12.5 Å². The van der Waals surface area contributed by atoms with Gasteiger partial charge in [-0.05, 0) is 36.8 Å². The summed E-state index contributed by atoms with van der Waals surface area (Å²) in [6, 6.07) is 15.0. The number of carbonyl (C=O) groups is 1. The molecule has 0 unspecified atom stereocenters. The topological polar surface area (TPSA) is 38.3 Å². The number of nitrogens with one attached hydrogen (secondary N) is 1. The van der Waals surface area contributed by atoms with Crippen LogP contribution in [-0.2, 0) is 11.3 Å². The predicted molar refractivity (Wildman–Crippen MR) is 80.0 cm³/mol. The van der Waals surface area contributed by atoms with Gasteiger partial charge in [-0.2, -0.15) is 0 Å². The van der Waals surface area contributed by atoms with Gasteiger partial charge >= 0.3 is 0 Å². The Balaban J connectivity index is 1.77. The maximum atomic E-state index is 11.7. The highest BCUT2D eigenvalue weighted by atomic mass is 35.5. The second-order valence-corrected chi connectivity index (χ2v) is 4.94. The predicted octanol–water partition coefficient (Wildman–Crippen LogP) is 3.34. The summed E-state index contributed by atoms with van der Waals surface area (Å²) in [5.41, 5.74) is 2.11. The lowest BCUT2D eigenvalue weighted by Gasteiger charge is -2.08. The van der Waals surface area contributed by atoms with Crippen LogP contribution in [0.3, 0.4) is 0 Å². The first-order valence-electron chi connectivity index (χ1n) is 6.34. The normalized spacial score (nSPS) is 10.1. The van der Waals surface area contributed by atoms with Crippen molar-refractivity contribution in [2.75, 3.05) is 6.61 Å². The second kappa shape index (κ2) is 6.96. The lowest BCUT2D eigenvalue weighted by Crippen LogP contribution is -2.28. The van der Waals surface area contributed by atoms with Crippen molar-refractivity contribution in [3.63, 3.8) is 0 Å². The zero-order chi connectivity index (χ0) is 14.4. The van der Waals surface area contributed by atoms with Gasteiger partial charge in [0.05, 0.1) is 0 Å². The Kier molecular flexibility index (Phi) is 5.02. The lowest BCUT2D eigenvalue weighted by atomic mass is 10.2. The Morgan fingerprint density at radius 1 is 1.20 bits per heavy atom. The summed E-state index contributed by atoms with van der Waals surface area (Å²) in [7, 11) is 0. The van der Waals surface area contributed by atoms with E-state index in [2.05, 4.69) is 5.32 Å². The fraction of sp³-hybridized carbons (Fsp3) is 0.188. The van der Waals surface area contributed by atoms with Gasteiger partial charge in [-0.1, -0.05) is 41.4 Å². The summed E-state index contributed by atoms with van der Waals surface area (Å²) >= 11 is 5.88. The summed E-state index contributed by atoms with van der Waals surface area (Å²) < 4.78 is 5.40. The minimum Gasteiger partial charge on any atom is -0.484 e. The Hall–Kier alpha value is -2.00. The molecule has 0 saturated carbocycles. The average molecular weight is 290 g/mol. The fourth-order valence-corrected chi connectivity index (χ4v) is 1.89. The molecule has 0 atom stereocenters. The number of halogens is 1. The van der Waals surface area contributed by atoms with Gasteiger partial charge in [0.25, 0.3) is 5.91 Å². The van der Waals surface area contributed by atoms with Gasteiger partial charge in [0.2, 0.25) is 0 Å². The Morgan fingerprint density at radius 3 is 2.65 bits per heavy atom. The van der Waals surface area contributed by atoms with Crippen LogP contribution in [0.4, 0.5) is 0 Å². The minimum atomic E-state index is -0.162. The zero-order valence-electron chi connectivity index (χ0n) is 11.2. The van der Waals surface area contributed by atoms with Crippen LogP contribution >= 0.6 is 11.6 Å². The van der Waals surface area contributed by atoms with E-state index in [1.807, 2.05) is 49.4 Å². The van der Waals surface area contributed by atoms with E-state index in [1.165, 1.54) is 0 Å². The first kappa shape index (κ1) is 14.4. The number of carbonyl (C=O) groups excluding carboxylic acids is 1. The second-order valence-electron chi connectivity index (χ2n) is 4.51. The summed E-state index contributed by atoms with van der Waals surface area (Å²) in [6.07, 6.45) is 0. The van der Waals surface area contributed by atoms with Crippen molar-refractivity contribution in [1.29, 1.82) is 0 Å². The summed E-state index contributed by atoms with van der Waals surface area (Å²) in [5.74, 6) is 0.527. The molecule has 0 fully saturated rings. The largest absolute Gasteiger partial charge is 0.484 e. The van der Waals surface area contributed by atoms with Crippen molar-refractivity contribution in [2.45, 2.75) is 13.5 Å². The molecular weight excluding hydrogens is 274 g/mol. The van der Waals surface area contributed by atoms with E-state index in [0.29, 0.717) is 17.3 Å². The third-order valence-corrected chi connectivity index (χ3v) is 3.00. The van der Waals surface area contributed by atoms with Gasteiger partial charge in [-0.15, -0.1) is 0 Å². The lowest BCUT2D eigenvalue weighted by molar-refractivity contribution is -0.123. The molecule has 0 aromatic heterocycles. The molecule has 0 aliphatic rings. The first-order valence-corrected chi connectivity index (χ1v) is 6.72. The molecule has 2 aromatic carbocycles. The molecule has 20 heavy (non-hydrogen) atoms. The van der Waals surface area contributed by atoms with Gasteiger partial charge < -0.3 is 10.1 Å². The molecule has 1 N–H and O–H groups in total. The van der Waals surface area contributed by atoms with E-state index >= 15 is 0 Å². The van der Waals surface area contributed by atoms with Crippen molar-refractivity contribution >= 4 is 17.5 Å². The minimum absolute atomic E-state index is 0.00360. The molecule has 2 aromatic rings. The van der Waals surface area contributed by atoms with Crippen LogP contribution < -0.4 is 10.1 Å². The van der Waals surface area contributed by atoms with E-state index in [4.69, 9.17) is 16.3 Å². The Morgan fingerprint density at radius 2 is 1.95 bits per heavy atom. The maximum absolute atomic E-state index is 11.7. The van der Waals surface area contributed by atoms with E-state index in [9.17, 15) is 4.79 Å². The molecule has 0 saturated heterocycles. The van der Waals surface area contributed by atoms with Crippen LogP contribution in [0, 0.1) is 6.92 Å². The van der Waals surface area contributed by atoms with Gasteiger partial charge in [-0.3, -0.25) is 4.79 Å². The van der Waals surface area contributed by atoms with Gasteiger partial charge in [0.15, 0.2) is 6.61 Å². The number of hydrogen-bond donors (Lipinski definition) is 1. The first-order chi connectivity index (χ1) is 9.63. The average Bonchev–Trinajstić information content (AvgIpc) is 2.45. The van der Waals surface area contributed by atoms with Gasteiger partial charge in [-0.25, -0.2) is 0 Å². The molecule has 0 aliphatic heterocycles.